The highest BCUT2D eigenvalue weighted by atomic mass is 35.5. The van der Waals surface area contributed by atoms with Gasteiger partial charge in [0, 0.05) is 56.3 Å². The Kier molecular flexibility index (Phi) is 9.21. The zero-order chi connectivity index (χ0) is 33.2. The molecule has 10 nitrogen and oxygen atoms in total. The van der Waals surface area contributed by atoms with Crippen molar-refractivity contribution in [3.8, 4) is 0 Å². The van der Waals surface area contributed by atoms with Gasteiger partial charge in [-0.15, -0.1) is 0 Å². The minimum atomic E-state index is -1.05. The Labute approximate surface area is 283 Å². The van der Waals surface area contributed by atoms with Gasteiger partial charge in [-0.3, -0.25) is 9.89 Å². The van der Waals surface area contributed by atoms with E-state index in [1.807, 2.05) is 35.2 Å². The number of piperidine rings is 2. The number of rotatable bonds is 6. The third-order valence-corrected chi connectivity index (χ3v) is 10.3. The van der Waals surface area contributed by atoms with Crippen LogP contribution in [0, 0.1) is 5.82 Å². The van der Waals surface area contributed by atoms with Gasteiger partial charge >= 0.3 is 12.1 Å². The van der Waals surface area contributed by atoms with Gasteiger partial charge in [0.25, 0.3) is 5.91 Å². The van der Waals surface area contributed by atoms with E-state index >= 15 is 0 Å². The number of H-pyrrole nitrogens is 1. The maximum absolute atomic E-state index is 14.0. The quantitative estimate of drug-likeness (QED) is 0.248. The first-order valence-corrected chi connectivity index (χ1v) is 17.0. The molecule has 2 saturated heterocycles. The largest absolute Gasteiger partial charge is 0.436 e. The number of hydrogen-bond acceptors (Lipinski definition) is 5. The fourth-order valence-corrected chi connectivity index (χ4v) is 7.54. The minimum Gasteiger partial charge on any atom is -0.436 e. The SMILES string of the molecule is O=C(OC(Cc1cc(Cl)c2[nH]ncc2c1)C(=O)N1CCC(c2ccc(F)cc2)CC1)N1CCC(N2CCc3ccccc3NC2=O)CC1. The summed E-state index contributed by atoms with van der Waals surface area (Å²) in [6, 6.07) is 17.9. The zero-order valence-corrected chi connectivity index (χ0v) is 27.3. The van der Waals surface area contributed by atoms with Gasteiger partial charge in [-0.25, -0.2) is 14.0 Å². The number of carbonyl (C=O) groups is 3. The predicted octanol–water partition coefficient (Wildman–Crippen LogP) is 6.36. The first-order chi connectivity index (χ1) is 23.3. The lowest BCUT2D eigenvalue weighted by Gasteiger charge is -2.38. The number of urea groups is 1. The van der Waals surface area contributed by atoms with Gasteiger partial charge < -0.3 is 24.8 Å². The molecule has 3 aromatic carbocycles. The lowest BCUT2D eigenvalue weighted by Crippen LogP contribution is -2.51. The number of hydrogen-bond donors (Lipinski definition) is 2. The molecular weight excluding hydrogens is 635 g/mol. The highest BCUT2D eigenvalue weighted by Crippen LogP contribution is 2.30. The molecule has 0 spiro atoms. The van der Waals surface area contributed by atoms with E-state index < -0.39 is 12.2 Å². The van der Waals surface area contributed by atoms with Crippen LogP contribution in [0.1, 0.15) is 48.3 Å². The van der Waals surface area contributed by atoms with Gasteiger partial charge in [-0.1, -0.05) is 41.9 Å². The molecule has 0 radical (unpaired) electrons. The second-order valence-corrected chi connectivity index (χ2v) is 13.3. The van der Waals surface area contributed by atoms with Crippen LogP contribution >= 0.6 is 11.6 Å². The van der Waals surface area contributed by atoms with Gasteiger partial charge in [0.2, 0.25) is 0 Å². The molecule has 1 unspecified atom stereocenters. The molecule has 1 aromatic heterocycles. The van der Waals surface area contributed by atoms with Crippen LogP contribution in [-0.2, 0) is 22.4 Å². The maximum Gasteiger partial charge on any atom is 0.410 e. The summed E-state index contributed by atoms with van der Waals surface area (Å²) in [4.78, 5) is 46.0. The second kappa shape index (κ2) is 13.8. The number of nitrogens with zero attached hydrogens (tertiary/aromatic N) is 4. The number of aromatic amines is 1. The van der Waals surface area contributed by atoms with E-state index in [1.54, 1.807) is 34.2 Å². The van der Waals surface area contributed by atoms with Crippen LogP contribution in [-0.4, -0.2) is 87.8 Å². The van der Waals surface area contributed by atoms with Crippen molar-refractivity contribution in [2.24, 2.45) is 0 Å². The smallest absolute Gasteiger partial charge is 0.410 e. The number of fused-ring (bicyclic) bond motifs is 2. The molecule has 1 atom stereocenters. The summed E-state index contributed by atoms with van der Waals surface area (Å²) in [6.45, 7) is 2.44. The zero-order valence-electron chi connectivity index (χ0n) is 26.5. The number of likely N-dealkylation sites (tertiary alicyclic amines) is 2. The van der Waals surface area contributed by atoms with Crippen LogP contribution in [0.5, 0.6) is 0 Å². The van der Waals surface area contributed by atoms with Crippen LogP contribution in [0.15, 0.2) is 66.9 Å². The summed E-state index contributed by atoms with van der Waals surface area (Å²) in [5.74, 6) is -0.299. The summed E-state index contributed by atoms with van der Waals surface area (Å²) >= 11 is 6.51. The van der Waals surface area contributed by atoms with Crippen LogP contribution in [0.2, 0.25) is 5.02 Å². The monoisotopic (exact) mass is 672 g/mol. The third kappa shape index (κ3) is 6.82. The summed E-state index contributed by atoms with van der Waals surface area (Å²) in [7, 11) is 0. The number of nitrogens with one attached hydrogen (secondary N) is 2. The minimum absolute atomic E-state index is 0.00739. The van der Waals surface area contributed by atoms with Crippen molar-refractivity contribution in [1.29, 1.82) is 0 Å². The number of carbonyl (C=O) groups excluding carboxylic acids is 3. The van der Waals surface area contributed by atoms with Crippen LogP contribution < -0.4 is 5.32 Å². The maximum atomic E-state index is 14.0. The van der Waals surface area contributed by atoms with Crippen LogP contribution in [0.4, 0.5) is 19.7 Å². The Bertz CT molecular complexity index is 1800. The molecule has 7 rings (SSSR count). The number of aromatic nitrogens is 2. The van der Waals surface area contributed by atoms with Gasteiger partial charge in [0.1, 0.15) is 5.82 Å². The van der Waals surface area contributed by atoms with Crippen LogP contribution in [0.25, 0.3) is 10.9 Å². The lowest BCUT2D eigenvalue weighted by molar-refractivity contribution is -0.142. The van der Waals surface area contributed by atoms with E-state index in [9.17, 15) is 18.8 Å². The molecule has 4 amide bonds. The number of anilines is 1. The lowest BCUT2D eigenvalue weighted by atomic mass is 9.89. The fourth-order valence-electron chi connectivity index (χ4n) is 7.25. The van der Waals surface area contributed by atoms with Crippen molar-refractivity contribution in [3.05, 3.63) is 94.4 Å². The Morgan fingerprint density at radius 3 is 2.46 bits per heavy atom. The number of halogens is 2. The third-order valence-electron chi connectivity index (χ3n) is 9.95. The van der Waals surface area contributed by atoms with E-state index in [1.165, 1.54) is 12.1 Å². The van der Waals surface area contributed by atoms with E-state index in [-0.39, 0.29) is 36.1 Å². The number of amides is 4. The summed E-state index contributed by atoms with van der Waals surface area (Å²) in [5, 5.41) is 11.3. The molecule has 3 aliphatic heterocycles. The predicted molar refractivity (Wildman–Crippen MR) is 180 cm³/mol. The topological polar surface area (TPSA) is 111 Å². The average molecular weight is 673 g/mol. The Balaban J connectivity index is 1.01. The number of benzene rings is 3. The van der Waals surface area contributed by atoms with Crippen molar-refractivity contribution < 1.29 is 23.5 Å². The second-order valence-electron chi connectivity index (χ2n) is 12.9. The molecule has 0 aliphatic carbocycles. The van der Waals surface area contributed by atoms with Crippen LogP contribution in [0.3, 0.4) is 0 Å². The first kappa shape index (κ1) is 31.9. The van der Waals surface area contributed by atoms with Gasteiger partial charge in [-0.05, 0) is 85.0 Å². The molecule has 3 aliphatic rings. The standard InChI is InChI=1S/C36H38ClFN6O4/c37-30-20-23(19-27-22-39-41-33(27)30)21-32(34(45)42-14-9-25(10-15-42)24-5-7-28(38)8-6-24)48-36(47)43-16-12-29(13-17-43)44-18-11-26-3-1-2-4-31(26)40-35(44)46/h1-8,19-20,22,25,29,32H,9-18,21H2,(H,39,41)(H,40,46). The fraction of sp³-hybridized carbons (Fsp3) is 0.389. The summed E-state index contributed by atoms with van der Waals surface area (Å²) in [6.07, 6.45) is 3.68. The molecule has 48 heavy (non-hydrogen) atoms. The normalized spacial score (nSPS) is 18.3. The highest BCUT2D eigenvalue weighted by molar-refractivity contribution is 6.35. The Morgan fingerprint density at radius 1 is 0.958 bits per heavy atom. The highest BCUT2D eigenvalue weighted by Gasteiger charge is 2.36. The Morgan fingerprint density at radius 2 is 1.69 bits per heavy atom. The van der Waals surface area contributed by atoms with E-state index in [0.29, 0.717) is 56.1 Å². The van der Waals surface area contributed by atoms with Gasteiger partial charge in [-0.2, -0.15) is 5.10 Å². The summed E-state index contributed by atoms with van der Waals surface area (Å²) in [5.41, 5.74) is 4.47. The molecule has 4 aromatic rings. The van der Waals surface area contributed by atoms with E-state index in [0.717, 1.165) is 47.0 Å². The Hall–Kier alpha value is -4.64. The molecule has 2 N–H and O–H groups in total. The molecule has 0 bridgehead atoms. The molecule has 0 saturated carbocycles. The van der Waals surface area contributed by atoms with Crippen molar-refractivity contribution in [2.75, 3.05) is 38.0 Å². The molecule has 4 heterocycles. The van der Waals surface area contributed by atoms with Gasteiger partial charge in [0.15, 0.2) is 6.10 Å². The van der Waals surface area contributed by atoms with E-state index in [4.69, 9.17) is 16.3 Å². The molecule has 2 fully saturated rings. The molecule has 250 valence electrons. The van der Waals surface area contributed by atoms with Gasteiger partial charge in [0.05, 0.1) is 16.7 Å². The number of para-hydroxylation sites is 1. The first-order valence-electron chi connectivity index (χ1n) is 16.6. The van der Waals surface area contributed by atoms with E-state index in [2.05, 4.69) is 15.5 Å². The molecule has 12 heteroatoms. The van der Waals surface area contributed by atoms with Crippen molar-refractivity contribution in [3.63, 3.8) is 0 Å². The average Bonchev–Trinajstić information content (AvgIpc) is 3.52. The van der Waals surface area contributed by atoms with Crippen molar-refractivity contribution >= 4 is 46.2 Å². The van der Waals surface area contributed by atoms with Crippen molar-refractivity contribution in [1.82, 2.24) is 24.9 Å². The summed E-state index contributed by atoms with van der Waals surface area (Å²) < 4.78 is 19.5. The van der Waals surface area contributed by atoms with Crippen molar-refractivity contribution in [2.45, 2.75) is 56.6 Å². The molecular formula is C36H38ClFN6O4. The number of ether oxygens (including phenoxy) is 1.